The van der Waals surface area contributed by atoms with Crippen LogP contribution in [-0.2, 0) is 18.3 Å². The largest absolute Gasteiger partial charge is 0.347 e. The fourth-order valence-electron chi connectivity index (χ4n) is 3.56. The summed E-state index contributed by atoms with van der Waals surface area (Å²) < 4.78 is 1.78. The molecule has 0 radical (unpaired) electrons. The molecule has 27 heavy (non-hydrogen) atoms. The zero-order valence-electron chi connectivity index (χ0n) is 16.4. The van der Waals surface area contributed by atoms with Gasteiger partial charge in [-0.25, -0.2) is 0 Å². The molecular formula is C20H25ClN4O2. The van der Waals surface area contributed by atoms with Crippen molar-refractivity contribution >= 4 is 23.4 Å². The quantitative estimate of drug-likeness (QED) is 0.812. The van der Waals surface area contributed by atoms with Crippen molar-refractivity contribution in [2.24, 2.45) is 7.05 Å². The Kier molecular flexibility index (Phi) is 5.29. The molecule has 7 heteroatoms. The van der Waals surface area contributed by atoms with Gasteiger partial charge in [-0.3, -0.25) is 14.3 Å². The van der Waals surface area contributed by atoms with E-state index in [2.05, 4.69) is 18.9 Å². The maximum absolute atomic E-state index is 13.3. The number of amides is 2. The molecule has 0 bridgehead atoms. The van der Waals surface area contributed by atoms with Crippen LogP contribution in [0.5, 0.6) is 0 Å². The summed E-state index contributed by atoms with van der Waals surface area (Å²) in [6, 6.07) is 4.71. The summed E-state index contributed by atoms with van der Waals surface area (Å²) in [5, 5.41) is 4.86. The number of hydrogen-bond donors (Lipinski definition) is 0. The second kappa shape index (κ2) is 7.35. The Hall–Kier alpha value is -2.34. The fourth-order valence-corrected chi connectivity index (χ4v) is 3.96. The first-order chi connectivity index (χ1) is 12.7. The van der Waals surface area contributed by atoms with Crippen molar-refractivity contribution in [3.63, 3.8) is 0 Å². The minimum atomic E-state index is -0.673. The van der Waals surface area contributed by atoms with Crippen molar-refractivity contribution in [2.45, 2.75) is 32.2 Å². The van der Waals surface area contributed by atoms with Gasteiger partial charge in [0.2, 0.25) is 5.91 Å². The third-order valence-corrected chi connectivity index (χ3v) is 5.42. The molecule has 0 saturated carbocycles. The molecule has 2 amide bonds. The summed E-state index contributed by atoms with van der Waals surface area (Å²) in [5.74, 6) is -0.0539. The van der Waals surface area contributed by atoms with E-state index in [0.29, 0.717) is 23.6 Å². The van der Waals surface area contributed by atoms with Crippen molar-refractivity contribution in [1.29, 1.82) is 0 Å². The Balaban J connectivity index is 2.00. The van der Waals surface area contributed by atoms with E-state index in [-0.39, 0.29) is 17.7 Å². The number of hydrogen-bond acceptors (Lipinski definition) is 3. The van der Waals surface area contributed by atoms with Crippen molar-refractivity contribution in [3.05, 3.63) is 51.8 Å². The van der Waals surface area contributed by atoms with E-state index >= 15 is 0 Å². The highest BCUT2D eigenvalue weighted by atomic mass is 35.5. The standard InChI is InChI=1S/C20H25ClN4O2/c1-12(2)14-7-6-13(10-16(14)21)19(26)25-9-8-17-15(11-22-24(17)5)18(25)20(27)23(3)4/h6-7,10-12,18H,8-9H2,1-5H3. The molecule has 6 nitrogen and oxygen atoms in total. The predicted molar refractivity (Wildman–Crippen MR) is 105 cm³/mol. The smallest absolute Gasteiger partial charge is 0.254 e. The highest BCUT2D eigenvalue weighted by Crippen LogP contribution is 2.33. The lowest BCUT2D eigenvalue weighted by Gasteiger charge is -2.36. The van der Waals surface area contributed by atoms with Crippen LogP contribution in [0, 0.1) is 0 Å². The topological polar surface area (TPSA) is 58.4 Å². The molecule has 1 aliphatic heterocycles. The first-order valence-corrected chi connectivity index (χ1v) is 9.42. The maximum Gasteiger partial charge on any atom is 0.254 e. The number of nitrogens with zero attached hydrogens (tertiary/aromatic N) is 4. The highest BCUT2D eigenvalue weighted by molar-refractivity contribution is 6.31. The Morgan fingerprint density at radius 1 is 1.30 bits per heavy atom. The number of fused-ring (bicyclic) bond motifs is 1. The van der Waals surface area contributed by atoms with Gasteiger partial charge in [0.1, 0.15) is 6.04 Å². The van der Waals surface area contributed by atoms with Crippen LogP contribution in [-0.4, -0.2) is 52.0 Å². The highest BCUT2D eigenvalue weighted by Gasteiger charge is 2.39. The van der Waals surface area contributed by atoms with Crippen LogP contribution in [0.2, 0.25) is 5.02 Å². The zero-order chi connectivity index (χ0) is 19.9. The summed E-state index contributed by atoms with van der Waals surface area (Å²) in [7, 11) is 5.26. The molecular weight excluding hydrogens is 364 g/mol. The third kappa shape index (κ3) is 3.46. The minimum Gasteiger partial charge on any atom is -0.347 e. The number of carbonyl (C=O) groups is 2. The molecule has 1 aromatic heterocycles. The van der Waals surface area contributed by atoms with Crippen LogP contribution < -0.4 is 0 Å². The average Bonchev–Trinajstić information content (AvgIpc) is 3.00. The fraction of sp³-hybridized carbons (Fsp3) is 0.450. The molecule has 3 rings (SSSR count). The van der Waals surface area contributed by atoms with Gasteiger partial charge in [-0.1, -0.05) is 31.5 Å². The monoisotopic (exact) mass is 388 g/mol. The van der Waals surface area contributed by atoms with Crippen LogP contribution in [0.3, 0.4) is 0 Å². The van der Waals surface area contributed by atoms with Gasteiger partial charge in [-0.05, 0) is 23.6 Å². The van der Waals surface area contributed by atoms with Gasteiger partial charge in [0.25, 0.3) is 5.91 Å². The van der Waals surface area contributed by atoms with E-state index in [4.69, 9.17) is 11.6 Å². The molecule has 1 aromatic carbocycles. The van der Waals surface area contributed by atoms with Crippen molar-refractivity contribution in [1.82, 2.24) is 19.6 Å². The van der Waals surface area contributed by atoms with Gasteiger partial charge in [0, 0.05) is 56.0 Å². The number of carbonyl (C=O) groups excluding carboxylic acids is 2. The predicted octanol–water partition coefficient (Wildman–Crippen LogP) is 3.02. The lowest BCUT2D eigenvalue weighted by molar-refractivity contribution is -0.134. The van der Waals surface area contributed by atoms with Gasteiger partial charge in [0.15, 0.2) is 0 Å². The zero-order valence-corrected chi connectivity index (χ0v) is 17.1. The summed E-state index contributed by atoms with van der Waals surface area (Å²) in [5.41, 5.74) is 3.28. The van der Waals surface area contributed by atoms with Gasteiger partial charge in [-0.15, -0.1) is 0 Å². The van der Waals surface area contributed by atoms with Crippen LogP contribution in [0.4, 0.5) is 0 Å². The second-order valence-electron chi connectivity index (χ2n) is 7.44. The SMILES string of the molecule is CC(C)c1ccc(C(=O)N2CCc3c(cnn3C)C2C(=O)N(C)C)cc1Cl. The van der Waals surface area contributed by atoms with Crippen LogP contribution >= 0.6 is 11.6 Å². The third-order valence-electron chi connectivity index (χ3n) is 5.09. The summed E-state index contributed by atoms with van der Waals surface area (Å²) in [6.07, 6.45) is 2.35. The van der Waals surface area contributed by atoms with Crippen LogP contribution in [0.1, 0.15) is 53.0 Å². The van der Waals surface area contributed by atoms with Gasteiger partial charge in [0.05, 0.1) is 6.20 Å². The van der Waals surface area contributed by atoms with E-state index in [1.165, 1.54) is 4.90 Å². The van der Waals surface area contributed by atoms with Gasteiger partial charge < -0.3 is 9.80 Å². The Labute approximate surface area is 164 Å². The van der Waals surface area contributed by atoms with E-state index in [1.54, 1.807) is 42.0 Å². The molecule has 0 fully saturated rings. The Bertz CT molecular complexity index is 888. The molecule has 0 spiro atoms. The summed E-state index contributed by atoms with van der Waals surface area (Å²) in [4.78, 5) is 29.3. The first-order valence-electron chi connectivity index (χ1n) is 9.04. The summed E-state index contributed by atoms with van der Waals surface area (Å²) >= 11 is 6.38. The lowest BCUT2D eigenvalue weighted by atomic mass is 9.96. The molecule has 0 N–H and O–H groups in total. The second-order valence-corrected chi connectivity index (χ2v) is 7.85. The maximum atomic E-state index is 13.3. The number of likely N-dealkylation sites (N-methyl/N-ethyl adjacent to an activating group) is 1. The lowest BCUT2D eigenvalue weighted by Crippen LogP contribution is -2.47. The Morgan fingerprint density at radius 3 is 2.59 bits per heavy atom. The number of benzene rings is 1. The average molecular weight is 389 g/mol. The number of halogens is 1. The summed E-state index contributed by atoms with van der Waals surface area (Å²) in [6.45, 7) is 4.57. The van der Waals surface area contributed by atoms with Gasteiger partial charge in [-0.2, -0.15) is 5.10 Å². The molecule has 1 unspecified atom stereocenters. The van der Waals surface area contributed by atoms with E-state index in [0.717, 1.165) is 16.8 Å². The number of aromatic nitrogens is 2. The molecule has 1 atom stereocenters. The van der Waals surface area contributed by atoms with E-state index in [9.17, 15) is 9.59 Å². The van der Waals surface area contributed by atoms with Crippen molar-refractivity contribution < 1.29 is 9.59 Å². The van der Waals surface area contributed by atoms with E-state index < -0.39 is 6.04 Å². The Morgan fingerprint density at radius 2 is 2.00 bits per heavy atom. The normalized spacial score (nSPS) is 16.4. The molecule has 1 aliphatic rings. The molecule has 0 saturated heterocycles. The van der Waals surface area contributed by atoms with Gasteiger partial charge >= 0.3 is 0 Å². The minimum absolute atomic E-state index is 0.137. The van der Waals surface area contributed by atoms with E-state index in [1.807, 2.05) is 13.1 Å². The first kappa shape index (κ1) is 19.4. The molecule has 2 heterocycles. The molecule has 144 valence electrons. The van der Waals surface area contributed by atoms with Crippen LogP contribution in [0.25, 0.3) is 0 Å². The van der Waals surface area contributed by atoms with Crippen molar-refractivity contribution in [2.75, 3.05) is 20.6 Å². The molecule has 2 aromatic rings. The van der Waals surface area contributed by atoms with Crippen molar-refractivity contribution in [3.8, 4) is 0 Å². The van der Waals surface area contributed by atoms with Crippen LogP contribution in [0.15, 0.2) is 24.4 Å². The number of rotatable bonds is 3. The number of aryl methyl sites for hydroxylation is 1. The molecule has 0 aliphatic carbocycles.